The van der Waals surface area contributed by atoms with Crippen molar-refractivity contribution in [3.63, 3.8) is 0 Å². The molecule has 1 aromatic rings. The number of rotatable bonds is 8. The molecule has 1 aromatic heterocycles. The Morgan fingerprint density at radius 3 is 2.67 bits per heavy atom. The molecule has 12 heteroatoms. The summed E-state index contributed by atoms with van der Waals surface area (Å²) in [5, 5.41) is 13.2. The molecule has 21 heavy (non-hydrogen) atoms. The molecule has 1 amide bonds. The maximum Gasteiger partial charge on any atom is 0.306 e. The minimum absolute atomic E-state index is 0.0253. The van der Waals surface area contributed by atoms with E-state index in [1.54, 1.807) is 6.92 Å². The molecule has 10 nitrogen and oxygen atoms in total. The molecule has 0 aromatic carbocycles. The van der Waals surface area contributed by atoms with Gasteiger partial charge in [-0.1, -0.05) is 11.3 Å². The summed E-state index contributed by atoms with van der Waals surface area (Å²) in [4.78, 5) is 21.2. The molecule has 0 radical (unpaired) electrons. The van der Waals surface area contributed by atoms with Crippen LogP contribution in [-0.4, -0.2) is 32.3 Å². The zero-order valence-corrected chi connectivity index (χ0v) is 12.7. The lowest BCUT2D eigenvalue weighted by molar-refractivity contribution is -0.383. The van der Waals surface area contributed by atoms with Gasteiger partial charge < -0.3 is 10.7 Å². The number of hydrogen-bond acceptors (Lipinski definition) is 8. The van der Waals surface area contributed by atoms with Crippen LogP contribution in [0, 0.1) is 10.1 Å². The predicted octanol–water partition coefficient (Wildman–Crippen LogP) is -0.254. The van der Waals surface area contributed by atoms with E-state index in [-0.39, 0.29) is 28.1 Å². The van der Waals surface area contributed by atoms with Crippen LogP contribution < -0.4 is 21.3 Å². The SMILES string of the molecule is CCNC(=O)CCNS(=O)(=O)c1cc([N+](=O)[O-])c(NN)s1. The Bertz CT molecular complexity index is 626. The van der Waals surface area contributed by atoms with Crippen LogP contribution in [-0.2, 0) is 14.8 Å². The summed E-state index contributed by atoms with van der Waals surface area (Å²) in [5.41, 5.74) is 1.66. The smallest absolute Gasteiger partial charge is 0.306 e. The molecular weight excluding hydrogens is 322 g/mol. The Morgan fingerprint density at radius 1 is 1.52 bits per heavy atom. The van der Waals surface area contributed by atoms with Gasteiger partial charge in [0, 0.05) is 25.6 Å². The average molecular weight is 337 g/mol. The molecular formula is C9H15N5O5S2. The van der Waals surface area contributed by atoms with Gasteiger partial charge in [0.05, 0.1) is 4.92 Å². The van der Waals surface area contributed by atoms with Crippen molar-refractivity contribution >= 4 is 38.0 Å². The minimum atomic E-state index is -3.93. The summed E-state index contributed by atoms with van der Waals surface area (Å²) in [5.74, 6) is 4.82. The number of nitrogens with two attached hydrogens (primary N) is 1. The van der Waals surface area contributed by atoms with Crippen LogP contribution in [0.25, 0.3) is 0 Å². The van der Waals surface area contributed by atoms with Gasteiger partial charge >= 0.3 is 5.69 Å². The fourth-order valence-electron chi connectivity index (χ4n) is 1.39. The van der Waals surface area contributed by atoms with Crippen LogP contribution in [0.1, 0.15) is 13.3 Å². The van der Waals surface area contributed by atoms with Crippen LogP contribution in [0.5, 0.6) is 0 Å². The zero-order chi connectivity index (χ0) is 16.0. The summed E-state index contributed by atoms with van der Waals surface area (Å²) in [6.45, 7) is 2.09. The van der Waals surface area contributed by atoms with Crippen LogP contribution in [0.2, 0.25) is 0 Å². The van der Waals surface area contributed by atoms with Crippen molar-refractivity contribution in [1.82, 2.24) is 10.0 Å². The molecule has 0 aliphatic rings. The van der Waals surface area contributed by atoms with Crippen molar-refractivity contribution in [3.05, 3.63) is 16.2 Å². The van der Waals surface area contributed by atoms with E-state index in [9.17, 15) is 23.3 Å². The number of carbonyl (C=O) groups is 1. The Labute approximate surface area is 124 Å². The van der Waals surface area contributed by atoms with Crippen molar-refractivity contribution in [1.29, 1.82) is 0 Å². The average Bonchev–Trinajstić information content (AvgIpc) is 2.83. The van der Waals surface area contributed by atoms with E-state index in [4.69, 9.17) is 5.84 Å². The van der Waals surface area contributed by atoms with Gasteiger partial charge in [-0.3, -0.25) is 14.9 Å². The van der Waals surface area contributed by atoms with E-state index in [0.29, 0.717) is 17.9 Å². The normalized spacial score (nSPS) is 11.1. The van der Waals surface area contributed by atoms with Gasteiger partial charge in [-0.15, -0.1) is 0 Å². The first-order chi connectivity index (χ1) is 9.81. The fraction of sp³-hybridized carbons (Fsp3) is 0.444. The molecule has 0 aliphatic heterocycles. The number of amides is 1. The molecule has 0 atom stereocenters. The highest BCUT2D eigenvalue weighted by atomic mass is 32.2. The Morgan fingerprint density at radius 2 is 2.19 bits per heavy atom. The van der Waals surface area contributed by atoms with Crippen molar-refractivity contribution in [2.45, 2.75) is 17.6 Å². The summed E-state index contributed by atoms with van der Waals surface area (Å²) >= 11 is 0.635. The molecule has 0 unspecified atom stereocenters. The monoisotopic (exact) mass is 337 g/mol. The summed E-state index contributed by atoms with van der Waals surface area (Å²) in [7, 11) is -3.93. The molecule has 0 saturated carbocycles. The second kappa shape index (κ2) is 7.31. The fourth-order valence-corrected chi connectivity index (χ4v) is 3.70. The number of nitro groups is 1. The number of nitrogens with one attached hydrogen (secondary N) is 3. The second-order valence-corrected chi connectivity index (χ2v) is 6.83. The van der Waals surface area contributed by atoms with Gasteiger partial charge in [-0.25, -0.2) is 19.0 Å². The number of anilines is 1. The standard InChI is InChI=1S/C9H15N5O5S2/c1-2-11-7(15)3-4-12-21(18,19)8-5-6(14(16)17)9(13-10)20-8/h5,12-13H,2-4,10H2,1H3,(H,11,15). The third-order valence-corrected chi connectivity index (χ3v) is 5.29. The van der Waals surface area contributed by atoms with Crippen molar-refractivity contribution in [3.8, 4) is 0 Å². The van der Waals surface area contributed by atoms with E-state index in [2.05, 4.69) is 15.5 Å². The highest BCUT2D eigenvalue weighted by Crippen LogP contribution is 2.36. The number of thiophene rings is 1. The molecule has 0 saturated heterocycles. The number of nitrogens with zero attached hydrogens (tertiary/aromatic N) is 1. The maximum atomic E-state index is 12.0. The molecule has 0 bridgehead atoms. The first-order valence-electron chi connectivity index (χ1n) is 5.83. The van der Waals surface area contributed by atoms with Gasteiger partial charge in [0.1, 0.15) is 4.21 Å². The number of hydrogen-bond donors (Lipinski definition) is 4. The number of nitrogen functional groups attached to an aromatic ring is 1. The van der Waals surface area contributed by atoms with E-state index < -0.39 is 20.6 Å². The topological polar surface area (TPSA) is 156 Å². The first kappa shape index (κ1) is 17.3. The quantitative estimate of drug-likeness (QED) is 0.289. The van der Waals surface area contributed by atoms with Gasteiger partial charge in [-0.2, -0.15) is 0 Å². The Hall–Kier alpha value is -1.76. The summed E-state index contributed by atoms with van der Waals surface area (Å²) in [6, 6.07) is 0.911. The maximum absolute atomic E-state index is 12.0. The van der Waals surface area contributed by atoms with Crippen LogP contribution in [0.4, 0.5) is 10.7 Å². The van der Waals surface area contributed by atoms with Gasteiger partial charge in [0.15, 0.2) is 5.00 Å². The number of hydrazine groups is 1. The van der Waals surface area contributed by atoms with Crippen molar-refractivity contribution in [2.24, 2.45) is 5.84 Å². The summed E-state index contributed by atoms with van der Waals surface area (Å²) in [6.07, 6.45) is -0.0253. The van der Waals surface area contributed by atoms with Gasteiger partial charge in [0.25, 0.3) is 0 Å². The zero-order valence-electron chi connectivity index (χ0n) is 11.1. The predicted molar refractivity (Wildman–Crippen MR) is 77.3 cm³/mol. The van der Waals surface area contributed by atoms with Crippen LogP contribution in [0.3, 0.4) is 0 Å². The van der Waals surface area contributed by atoms with Gasteiger partial charge in [-0.05, 0) is 6.92 Å². The molecule has 0 aliphatic carbocycles. The number of carbonyl (C=O) groups excluding carboxylic acids is 1. The Kier molecular flexibility index (Phi) is 6.02. The first-order valence-corrected chi connectivity index (χ1v) is 8.13. The third-order valence-electron chi connectivity index (χ3n) is 2.30. The molecule has 1 heterocycles. The summed E-state index contributed by atoms with van der Waals surface area (Å²) < 4.78 is 25.9. The van der Waals surface area contributed by atoms with E-state index in [0.717, 1.165) is 6.07 Å². The van der Waals surface area contributed by atoms with Crippen molar-refractivity contribution in [2.75, 3.05) is 18.5 Å². The Balaban J connectivity index is 2.79. The van der Waals surface area contributed by atoms with E-state index in [1.807, 2.05) is 0 Å². The highest BCUT2D eigenvalue weighted by Gasteiger charge is 2.25. The number of sulfonamides is 1. The minimum Gasteiger partial charge on any atom is -0.356 e. The largest absolute Gasteiger partial charge is 0.356 e. The van der Waals surface area contributed by atoms with E-state index >= 15 is 0 Å². The molecule has 1 rings (SSSR count). The molecule has 0 fully saturated rings. The molecule has 5 N–H and O–H groups in total. The molecule has 0 spiro atoms. The van der Waals surface area contributed by atoms with Crippen molar-refractivity contribution < 1.29 is 18.1 Å². The van der Waals surface area contributed by atoms with Crippen LogP contribution >= 0.6 is 11.3 Å². The van der Waals surface area contributed by atoms with Gasteiger partial charge in [0.2, 0.25) is 15.9 Å². The lowest BCUT2D eigenvalue weighted by Gasteiger charge is -2.04. The lowest BCUT2D eigenvalue weighted by atomic mass is 10.4. The van der Waals surface area contributed by atoms with E-state index in [1.165, 1.54) is 0 Å². The lowest BCUT2D eigenvalue weighted by Crippen LogP contribution is -2.30. The third kappa shape index (κ3) is 4.63. The highest BCUT2D eigenvalue weighted by molar-refractivity contribution is 7.91. The molecule has 118 valence electrons. The van der Waals surface area contributed by atoms with Crippen LogP contribution in [0.15, 0.2) is 10.3 Å². The second-order valence-electron chi connectivity index (χ2n) is 3.78.